The quantitative estimate of drug-likeness (QED) is 0.570. The van der Waals surface area contributed by atoms with Crippen LogP contribution in [0.2, 0.25) is 5.02 Å². The molecular weight excluding hydrogens is 407 g/mol. The van der Waals surface area contributed by atoms with Crippen LogP contribution in [0.1, 0.15) is 24.8 Å². The van der Waals surface area contributed by atoms with E-state index in [1.54, 1.807) is 16.8 Å². The highest BCUT2D eigenvalue weighted by Gasteiger charge is 2.24. The van der Waals surface area contributed by atoms with Gasteiger partial charge in [0.15, 0.2) is 5.65 Å². The van der Waals surface area contributed by atoms with Crippen molar-refractivity contribution in [2.24, 2.45) is 0 Å². The Balaban J connectivity index is 1.58. The van der Waals surface area contributed by atoms with E-state index in [1.165, 1.54) is 12.1 Å². The van der Waals surface area contributed by atoms with Crippen molar-refractivity contribution >= 4 is 46.6 Å². The Kier molecular flexibility index (Phi) is 4.43. The van der Waals surface area contributed by atoms with Crippen molar-refractivity contribution < 1.29 is 9.18 Å². The molecule has 2 fully saturated rings. The van der Waals surface area contributed by atoms with Gasteiger partial charge in [0.2, 0.25) is 5.91 Å². The van der Waals surface area contributed by atoms with Crippen molar-refractivity contribution in [2.75, 3.05) is 10.6 Å². The lowest BCUT2D eigenvalue weighted by atomic mass is 10.1. The highest BCUT2D eigenvalue weighted by Crippen LogP contribution is 2.31. The average molecular weight is 425 g/mol. The van der Waals surface area contributed by atoms with Crippen LogP contribution in [0.4, 0.5) is 21.7 Å². The maximum atomic E-state index is 13.4. The van der Waals surface area contributed by atoms with Crippen molar-refractivity contribution in [3.05, 3.63) is 64.7 Å². The molecule has 1 aromatic carbocycles. The molecule has 1 aliphatic heterocycles. The van der Waals surface area contributed by atoms with Gasteiger partial charge < -0.3 is 16.0 Å². The number of hydrogen-bond acceptors (Lipinski definition) is 5. The summed E-state index contributed by atoms with van der Waals surface area (Å²) in [6.07, 6.45) is 6.04. The summed E-state index contributed by atoms with van der Waals surface area (Å²) in [5.41, 5.74) is 3.30. The second-order valence-corrected chi connectivity index (χ2v) is 7.81. The molecule has 7 nitrogen and oxygen atoms in total. The van der Waals surface area contributed by atoms with Gasteiger partial charge in [-0.25, -0.2) is 9.37 Å². The van der Waals surface area contributed by atoms with Crippen LogP contribution in [-0.2, 0) is 4.79 Å². The van der Waals surface area contributed by atoms with Crippen LogP contribution >= 0.6 is 11.6 Å². The number of fused-ring (bicyclic) bond motifs is 1. The molecule has 9 heteroatoms. The van der Waals surface area contributed by atoms with Crippen molar-refractivity contribution in [1.82, 2.24) is 19.9 Å². The molecule has 2 aliphatic rings. The molecule has 5 rings (SSSR count). The van der Waals surface area contributed by atoms with Crippen molar-refractivity contribution in [3.8, 4) is 0 Å². The van der Waals surface area contributed by atoms with Gasteiger partial charge in [-0.1, -0.05) is 18.2 Å². The third-order valence-corrected chi connectivity index (χ3v) is 5.29. The molecule has 3 heterocycles. The van der Waals surface area contributed by atoms with Crippen molar-refractivity contribution in [3.63, 3.8) is 0 Å². The standard InChI is InChI=1S/C21H18ClFN6O/c1-11-12(7-20(30)25-11)6-13-10-24-29-19(26-15-3-4-15)9-18(28-21(13)29)27-17-5-2-14(23)8-16(17)22/h2,5-6,8-10,15,26H,1,3-4,7H2,(H,25,30)(H,27,28)/b12-6+. The molecule has 1 saturated carbocycles. The maximum absolute atomic E-state index is 13.4. The summed E-state index contributed by atoms with van der Waals surface area (Å²) in [6, 6.07) is 6.39. The fraction of sp³-hybridized carbons (Fsp3) is 0.190. The molecule has 0 unspecified atom stereocenters. The first-order valence-corrected chi connectivity index (χ1v) is 9.91. The number of allylic oxidation sites excluding steroid dienone is 1. The molecule has 1 amide bonds. The lowest BCUT2D eigenvalue weighted by Crippen LogP contribution is -2.10. The molecule has 2 aromatic heterocycles. The van der Waals surface area contributed by atoms with E-state index in [0.29, 0.717) is 28.9 Å². The van der Waals surface area contributed by atoms with Gasteiger partial charge in [0, 0.05) is 23.4 Å². The second-order valence-electron chi connectivity index (χ2n) is 7.40. The Bertz CT molecular complexity index is 1230. The third kappa shape index (κ3) is 3.61. The van der Waals surface area contributed by atoms with Gasteiger partial charge in [-0.05, 0) is 42.7 Å². The number of anilines is 3. The zero-order valence-corrected chi connectivity index (χ0v) is 16.6. The van der Waals surface area contributed by atoms with Crippen LogP contribution in [0.5, 0.6) is 0 Å². The fourth-order valence-corrected chi connectivity index (χ4v) is 3.53. The summed E-state index contributed by atoms with van der Waals surface area (Å²) in [4.78, 5) is 16.3. The Morgan fingerprint density at radius 3 is 2.87 bits per heavy atom. The minimum Gasteiger partial charge on any atom is -0.367 e. The summed E-state index contributed by atoms with van der Waals surface area (Å²) in [5, 5.41) is 14.1. The lowest BCUT2D eigenvalue weighted by molar-refractivity contribution is -0.118. The third-order valence-electron chi connectivity index (χ3n) is 4.98. The van der Waals surface area contributed by atoms with Crippen LogP contribution in [-0.4, -0.2) is 26.5 Å². The van der Waals surface area contributed by atoms with E-state index >= 15 is 0 Å². The number of hydrogen-bond donors (Lipinski definition) is 3. The van der Waals surface area contributed by atoms with Crippen LogP contribution in [0.15, 0.2) is 48.3 Å². The predicted octanol–water partition coefficient (Wildman–Crippen LogP) is 4.26. The van der Waals surface area contributed by atoms with Gasteiger partial charge in [-0.2, -0.15) is 9.61 Å². The summed E-state index contributed by atoms with van der Waals surface area (Å²) < 4.78 is 15.1. The molecule has 0 radical (unpaired) electrons. The topological polar surface area (TPSA) is 83.4 Å². The van der Waals surface area contributed by atoms with E-state index in [4.69, 9.17) is 11.6 Å². The largest absolute Gasteiger partial charge is 0.367 e. The summed E-state index contributed by atoms with van der Waals surface area (Å²) >= 11 is 6.16. The molecule has 3 N–H and O–H groups in total. The minimum absolute atomic E-state index is 0.0833. The molecule has 0 bridgehead atoms. The highest BCUT2D eigenvalue weighted by molar-refractivity contribution is 6.33. The first kappa shape index (κ1) is 18.6. The van der Waals surface area contributed by atoms with Gasteiger partial charge in [0.1, 0.15) is 17.5 Å². The van der Waals surface area contributed by atoms with Gasteiger partial charge in [0.05, 0.1) is 23.3 Å². The summed E-state index contributed by atoms with van der Waals surface area (Å²) in [5.74, 6) is 0.834. The molecule has 30 heavy (non-hydrogen) atoms. The van der Waals surface area contributed by atoms with Crippen LogP contribution < -0.4 is 16.0 Å². The van der Waals surface area contributed by atoms with E-state index in [1.807, 2.05) is 12.1 Å². The number of halogens is 2. The Hall–Kier alpha value is -3.39. The lowest BCUT2D eigenvalue weighted by Gasteiger charge is -2.12. The van der Waals surface area contributed by atoms with Crippen LogP contribution in [0.3, 0.4) is 0 Å². The van der Waals surface area contributed by atoms with Gasteiger partial charge >= 0.3 is 0 Å². The molecule has 1 saturated heterocycles. The predicted molar refractivity (Wildman–Crippen MR) is 114 cm³/mol. The normalized spacial score (nSPS) is 17.6. The van der Waals surface area contributed by atoms with Crippen molar-refractivity contribution in [2.45, 2.75) is 25.3 Å². The molecule has 0 atom stereocenters. The van der Waals surface area contributed by atoms with Gasteiger partial charge in [-0.3, -0.25) is 4.79 Å². The molecule has 152 valence electrons. The molecule has 0 spiro atoms. The fourth-order valence-electron chi connectivity index (χ4n) is 3.31. The highest BCUT2D eigenvalue weighted by atomic mass is 35.5. The van der Waals surface area contributed by atoms with E-state index < -0.39 is 5.82 Å². The maximum Gasteiger partial charge on any atom is 0.228 e. The van der Waals surface area contributed by atoms with Gasteiger partial charge in [0.25, 0.3) is 0 Å². The van der Waals surface area contributed by atoms with Crippen molar-refractivity contribution in [1.29, 1.82) is 0 Å². The summed E-state index contributed by atoms with van der Waals surface area (Å²) in [6.45, 7) is 3.88. The Morgan fingerprint density at radius 1 is 1.33 bits per heavy atom. The number of aromatic nitrogens is 3. The zero-order valence-electron chi connectivity index (χ0n) is 15.9. The van der Waals surface area contributed by atoms with Gasteiger partial charge in [-0.15, -0.1) is 0 Å². The number of nitrogens with one attached hydrogen (secondary N) is 3. The van der Waals surface area contributed by atoms with Crippen LogP contribution in [0, 0.1) is 5.82 Å². The van der Waals surface area contributed by atoms with E-state index in [0.717, 1.165) is 29.8 Å². The summed E-state index contributed by atoms with van der Waals surface area (Å²) in [7, 11) is 0. The number of amides is 1. The number of carbonyl (C=O) groups is 1. The first-order valence-electron chi connectivity index (χ1n) is 9.53. The molecule has 3 aromatic rings. The van der Waals surface area contributed by atoms with E-state index in [-0.39, 0.29) is 17.4 Å². The number of rotatable bonds is 5. The average Bonchev–Trinajstić information content (AvgIpc) is 3.33. The number of benzene rings is 1. The molecular formula is C21H18ClFN6O. The Labute approximate surface area is 176 Å². The second kappa shape index (κ2) is 7.14. The van der Waals surface area contributed by atoms with E-state index in [2.05, 4.69) is 32.6 Å². The SMILES string of the molecule is C=C1NC(=O)C/C1=C\c1cnn2c(NC3CC3)cc(Nc3ccc(F)cc3Cl)nc12. The van der Waals surface area contributed by atoms with E-state index in [9.17, 15) is 9.18 Å². The van der Waals surface area contributed by atoms with Crippen LogP contribution in [0.25, 0.3) is 11.7 Å². The smallest absolute Gasteiger partial charge is 0.228 e. The number of carbonyl (C=O) groups excluding carboxylic acids is 1. The number of nitrogens with zero attached hydrogens (tertiary/aromatic N) is 3. The first-order chi connectivity index (χ1) is 14.5. The Morgan fingerprint density at radius 2 is 2.17 bits per heavy atom. The molecule has 1 aliphatic carbocycles. The zero-order chi connectivity index (χ0) is 20.8. The minimum atomic E-state index is -0.408. The monoisotopic (exact) mass is 424 g/mol.